The number of aliphatic imine (C=N–C) groups is 1. The molecule has 0 aliphatic carbocycles. The van der Waals surface area contributed by atoms with Crippen LogP contribution in [-0.4, -0.2) is 17.5 Å². The maximum Gasteiger partial charge on any atom is 0.200 e. The van der Waals surface area contributed by atoms with Crippen LogP contribution in [0.25, 0.3) is 10.9 Å². The molecule has 5 heteroatoms. The number of rotatable bonds is 9. The van der Waals surface area contributed by atoms with Crippen LogP contribution in [0.15, 0.2) is 96.0 Å². The molecule has 0 amide bonds. The average Bonchev–Trinajstić information content (AvgIpc) is 2.84. The molecule has 4 rings (SSSR count). The van der Waals surface area contributed by atoms with Crippen LogP contribution in [-0.2, 0) is 6.42 Å². The monoisotopic (exact) mass is 456 g/mol. The Morgan fingerprint density at radius 2 is 1.36 bits per heavy atom. The summed E-state index contributed by atoms with van der Waals surface area (Å²) in [5.74, 6) is 0.770. The summed E-state index contributed by atoms with van der Waals surface area (Å²) in [6, 6.07) is 30.3. The Morgan fingerprint density at radius 1 is 0.727 bits per heavy atom. The highest BCUT2D eigenvalue weighted by Gasteiger charge is 2.02. The van der Waals surface area contributed by atoms with Crippen LogP contribution >= 0.6 is 11.6 Å². The van der Waals surface area contributed by atoms with Crippen molar-refractivity contribution in [2.24, 2.45) is 4.99 Å². The largest absolute Gasteiger partial charge is 0.326 e. The molecule has 3 aromatic carbocycles. The number of hydrogen-bond acceptors (Lipinski definition) is 2. The lowest BCUT2D eigenvalue weighted by Crippen LogP contribution is -2.22. The van der Waals surface area contributed by atoms with E-state index in [-0.39, 0.29) is 0 Å². The van der Waals surface area contributed by atoms with Gasteiger partial charge in [0.2, 0.25) is 0 Å². The van der Waals surface area contributed by atoms with Gasteiger partial charge in [-0.25, -0.2) is 0 Å². The average molecular weight is 457 g/mol. The van der Waals surface area contributed by atoms with E-state index in [9.17, 15) is 0 Å². The number of fused-ring (bicyclic) bond motifs is 1. The number of unbranched alkanes of at least 4 members (excludes halogenated alkanes) is 3. The van der Waals surface area contributed by atoms with Gasteiger partial charge in [0.25, 0.3) is 0 Å². The molecule has 0 fully saturated rings. The molecular weight excluding hydrogens is 428 g/mol. The standard InChI is InChI=1S/C28H29ClN4/c29-23-18-16-22-17-19-26(31-27(22)21-23)15-5-1-2-10-20-30-28(32-24-11-6-3-7-12-24)33-25-13-8-4-9-14-25/h3-4,6-9,11-14,16-19,21H,1-2,5,10,15,20H2,(H2,30,32,33). The summed E-state index contributed by atoms with van der Waals surface area (Å²) in [4.78, 5) is 9.53. The topological polar surface area (TPSA) is 49.3 Å². The molecule has 4 nitrogen and oxygen atoms in total. The van der Waals surface area contributed by atoms with E-state index in [1.54, 1.807) is 0 Å². The molecule has 1 aromatic heterocycles. The van der Waals surface area contributed by atoms with E-state index in [0.29, 0.717) is 0 Å². The Balaban J connectivity index is 1.24. The van der Waals surface area contributed by atoms with Crippen LogP contribution in [0.5, 0.6) is 0 Å². The third-order valence-corrected chi connectivity index (χ3v) is 5.63. The number of para-hydroxylation sites is 2. The fourth-order valence-corrected chi connectivity index (χ4v) is 3.83. The van der Waals surface area contributed by atoms with Gasteiger partial charge in [0.1, 0.15) is 0 Å². The Hall–Kier alpha value is -3.37. The van der Waals surface area contributed by atoms with Crippen molar-refractivity contribution in [2.45, 2.75) is 32.1 Å². The predicted molar refractivity (Wildman–Crippen MR) is 141 cm³/mol. The lowest BCUT2D eigenvalue weighted by atomic mass is 10.1. The fraction of sp³-hybridized carbons (Fsp3) is 0.214. The molecule has 2 N–H and O–H groups in total. The van der Waals surface area contributed by atoms with E-state index in [2.05, 4.69) is 22.8 Å². The van der Waals surface area contributed by atoms with Gasteiger partial charge in [-0.2, -0.15) is 0 Å². The number of hydrogen-bond donors (Lipinski definition) is 2. The van der Waals surface area contributed by atoms with Gasteiger partial charge in [-0.15, -0.1) is 0 Å². The Morgan fingerprint density at radius 3 is 2.06 bits per heavy atom. The number of halogens is 1. The molecule has 168 valence electrons. The molecule has 0 bridgehead atoms. The number of anilines is 2. The first-order chi connectivity index (χ1) is 16.3. The van der Waals surface area contributed by atoms with E-state index in [1.165, 1.54) is 6.42 Å². The third kappa shape index (κ3) is 7.33. The third-order valence-electron chi connectivity index (χ3n) is 5.40. The van der Waals surface area contributed by atoms with Gasteiger partial charge in [0.15, 0.2) is 5.96 Å². The second kappa shape index (κ2) is 12.0. The van der Waals surface area contributed by atoms with E-state index >= 15 is 0 Å². The maximum atomic E-state index is 6.10. The van der Waals surface area contributed by atoms with Crippen molar-refractivity contribution in [3.05, 3.63) is 102 Å². The van der Waals surface area contributed by atoms with Crippen LogP contribution in [0.1, 0.15) is 31.4 Å². The summed E-state index contributed by atoms with van der Waals surface area (Å²) in [5.41, 5.74) is 4.13. The van der Waals surface area contributed by atoms with Crippen LogP contribution < -0.4 is 10.6 Å². The molecule has 4 aromatic rings. The summed E-state index contributed by atoms with van der Waals surface area (Å²) in [6.07, 6.45) is 5.48. The van der Waals surface area contributed by atoms with E-state index < -0.39 is 0 Å². The minimum atomic E-state index is 0.732. The Bertz CT molecular complexity index is 1130. The smallest absolute Gasteiger partial charge is 0.200 e. The van der Waals surface area contributed by atoms with Crippen molar-refractivity contribution in [2.75, 3.05) is 17.2 Å². The first kappa shape index (κ1) is 22.8. The first-order valence-corrected chi connectivity index (χ1v) is 11.9. The lowest BCUT2D eigenvalue weighted by molar-refractivity contribution is 0.643. The van der Waals surface area contributed by atoms with E-state index in [1.807, 2.05) is 78.9 Å². The van der Waals surface area contributed by atoms with Crippen LogP contribution in [0, 0.1) is 0 Å². The zero-order valence-corrected chi connectivity index (χ0v) is 19.4. The van der Waals surface area contributed by atoms with Gasteiger partial charge in [-0.1, -0.05) is 73.0 Å². The highest BCUT2D eigenvalue weighted by molar-refractivity contribution is 6.31. The van der Waals surface area contributed by atoms with Crippen molar-refractivity contribution in [1.29, 1.82) is 0 Å². The second-order valence-corrected chi connectivity index (χ2v) is 8.45. The molecule has 0 radical (unpaired) electrons. The van der Waals surface area contributed by atoms with Crippen molar-refractivity contribution in [1.82, 2.24) is 4.98 Å². The normalized spacial score (nSPS) is 10.7. The summed E-state index contributed by atoms with van der Waals surface area (Å²) >= 11 is 6.10. The van der Waals surface area contributed by atoms with Crippen molar-refractivity contribution in [3.8, 4) is 0 Å². The minimum Gasteiger partial charge on any atom is -0.326 e. The highest BCUT2D eigenvalue weighted by atomic mass is 35.5. The number of guanidine groups is 1. The van der Waals surface area contributed by atoms with Crippen molar-refractivity contribution >= 4 is 39.8 Å². The summed E-state index contributed by atoms with van der Waals surface area (Å²) in [5, 5.41) is 8.64. The van der Waals surface area contributed by atoms with Gasteiger partial charge in [0.05, 0.1) is 5.52 Å². The molecular formula is C28H29ClN4. The van der Waals surface area contributed by atoms with Crippen LogP contribution in [0.2, 0.25) is 5.02 Å². The molecule has 0 spiro atoms. The van der Waals surface area contributed by atoms with Crippen LogP contribution in [0.3, 0.4) is 0 Å². The lowest BCUT2D eigenvalue weighted by Gasteiger charge is -2.12. The Kier molecular flexibility index (Phi) is 8.31. The van der Waals surface area contributed by atoms with Gasteiger partial charge in [-0.05, 0) is 61.7 Å². The number of benzene rings is 3. The van der Waals surface area contributed by atoms with Crippen molar-refractivity contribution in [3.63, 3.8) is 0 Å². The molecule has 0 aliphatic heterocycles. The summed E-state index contributed by atoms with van der Waals surface area (Å²) in [7, 11) is 0. The second-order valence-electron chi connectivity index (χ2n) is 8.02. The predicted octanol–water partition coefficient (Wildman–Crippen LogP) is 7.57. The van der Waals surface area contributed by atoms with Crippen molar-refractivity contribution < 1.29 is 0 Å². The van der Waals surface area contributed by atoms with Gasteiger partial charge >= 0.3 is 0 Å². The van der Waals surface area contributed by atoms with Gasteiger partial charge in [0, 0.05) is 34.0 Å². The number of nitrogens with zero attached hydrogens (tertiary/aromatic N) is 2. The van der Waals surface area contributed by atoms with Gasteiger partial charge < -0.3 is 10.6 Å². The summed E-state index contributed by atoms with van der Waals surface area (Å²) < 4.78 is 0. The molecule has 0 aliphatic rings. The number of aromatic nitrogens is 1. The maximum absolute atomic E-state index is 6.10. The number of pyridine rings is 1. The summed E-state index contributed by atoms with van der Waals surface area (Å²) in [6.45, 7) is 0.779. The quantitative estimate of drug-likeness (QED) is 0.155. The molecule has 1 heterocycles. The van der Waals surface area contributed by atoms with E-state index in [0.717, 1.165) is 71.2 Å². The Labute approximate surface area is 200 Å². The zero-order chi connectivity index (χ0) is 22.7. The number of aryl methyl sites for hydroxylation is 1. The molecule has 33 heavy (non-hydrogen) atoms. The molecule has 0 unspecified atom stereocenters. The highest BCUT2D eigenvalue weighted by Crippen LogP contribution is 2.19. The first-order valence-electron chi connectivity index (χ1n) is 11.5. The fourth-order valence-electron chi connectivity index (χ4n) is 3.66. The minimum absolute atomic E-state index is 0.732. The molecule has 0 saturated heterocycles. The SMILES string of the molecule is Clc1ccc2ccc(CCCCCCN=C(Nc3ccccc3)Nc3ccccc3)nc2c1. The molecule has 0 saturated carbocycles. The van der Waals surface area contributed by atoms with Gasteiger partial charge in [-0.3, -0.25) is 9.98 Å². The zero-order valence-electron chi connectivity index (χ0n) is 18.7. The van der Waals surface area contributed by atoms with Crippen LogP contribution in [0.4, 0.5) is 11.4 Å². The number of nitrogens with one attached hydrogen (secondary N) is 2. The molecule has 0 atom stereocenters. The van der Waals surface area contributed by atoms with E-state index in [4.69, 9.17) is 21.6 Å².